The lowest BCUT2D eigenvalue weighted by Gasteiger charge is -2.15. The van der Waals surface area contributed by atoms with Crippen LogP contribution in [0, 0.1) is 6.92 Å². The molecule has 0 aliphatic heterocycles. The highest BCUT2D eigenvalue weighted by atomic mass is 32.2. The minimum absolute atomic E-state index is 0.604. The second-order valence-electron chi connectivity index (χ2n) is 4.24. The predicted octanol–water partition coefficient (Wildman–Crippen LogP) is 2.34. The Kier molecular flexibility index (Phi) is 4.11. The summed E-state index contributed by atoms with van der Waals surface area (Å²) >= 11 is 1.47. The van der Waals surface area contributed by atoms with Gasteiger partial charge in [0.25, 0.3) is 0 Å². The highest BCUT2D eigenvalue weighted by Gasteiger charge is 2.17. The molecule has 2 rings (SSSR count). The highest BCUT2D eigenvalue weighted by Crippen LogP contribution is 2.37. The van der Waals surface area contributed by atoms with Crippen LogP contribution < -0.4 is 4.74 Å². The lowest BCUT2D eigenvalue weighted by molar-refractivity contribution is 0.191. The molecule has 0 aliphatic carbocycles. The Morgan fingerprint density at radius 3 is 2.63 bits per heavy atom. The third kappa shape index (κ3) is 2.74. The van der Waals surface area contributed by atoms with E-state index in [4.69, 9.17) is 4.74 Å². The van der Waals surface area contributed by atoms with Crippen molar-refractivity contribution >= 4 is 11.8 Å². The number of nitrogens with zero attached hydrogens (tertiary/aromatic N) is 3. The first kappa shape index (κ1) is 13.9. The Hall–Kier alpha value is -1.53. The fourth-order valence-electron chi connectivity index (χ4n) is 1.78. The van der Waals surface area contributed by atoms with Gasteiger partial charge in [-0.05, 0) is 37.7 Å². The summed E-state index contributed by atoms with van der Waals surface area (Å²) < 4.78 is 7.22. The molecule has 1 aromatic carbocycles. The number of methoxy groups -OCH3 is 1. The Labute approximate surface area is 116 Å². The van der Waals surface area contributed by atoms with Crippen LogP contribution in [-0.4, -0.2) is 27.0 Å². The summed E-state index contributed by atoms with van der Waals surface area (Å²) in [6, 6.07) is 5.68. The molecule has 1 aromatic heterocycles. The number of hydrogen-bond donors (Lipinski definition) is 1. The summed E-state index contributed by atoms with van der Waals surface area (Å²) in [6.45, 7) is 3.63. The van der Waals surface area contributed by atoms with Gasteiger partial charge in [0.1, 0.15) is 11.6 Å². The van der Waals surface area contributed by atoms with Crippen LogP contribution in [0.2, 0.25) is 0 Å². The van der Waals surface area contributed by atoms with Crippen LogP contribution in [0.3, 0.4) is 0 Å². The van der Waals surface area contributed by atoms with E-state index in [0.29, 0.717) is 5.75 Å². The molecule has 0 bridgehead atoms. The maximum Gasteiger partial charge on any atom is 0.195 e. The van der Waals surface area contributed by atoms with Crippen molar-refractivity contribution in [2.75, 3.05) is 7.11 Å². The topological polar surface area (TPSA) is 60.2 Å². The van der Waals surface area contributed by atoms with E-state index in [1.165, 1.54) is 11.8 Å². The summed E-state index contributed by atoms with van der Waals surface area (Å²) in [4.78, 5) is 0.921. The molecule has 0 aliphatic rings. The van der Waals surface area contributed by atoms with Gasteiger partial charge in [-0.2, -0.15) is 0 Å². The van der Waals surface area contributed by atoms with E-state index in [9.17, 15) is 5.11 Å². The largest absolute Gasteiger partial charge is 0.496 e. The van der Waals surface area contributed by atoms with Crippen LogP contribution in [0.5, 0.6) is 5.75 Å². The summed E-state index contributed by atoms with van der Waals surface area (Å²) in [5.41, 5.74) is 0.774. The van der Waals surface area contributed by atoms with Gasteiger partial charge >= 0.3 is 0 Å². The maximum absolute atomic E-state index is 9.93. The second kappa shape index (κ2) is 5.63. The molecule has 0 spiro atoms. The molecule has 0 fully saturated rings. The zero-order chi connectivity index (χ0) is 14.0. The Morgan fingerprint density at radius 1 is 1.37 bits per heavy atom. The molecule has 1 N–H and O–H groups in total. The van der Waals surface area contributed by atoms with Gasteiger partial charge in [0.05, 0.1) is 13.2 Å². The molecule has 2 aromatic rings. The lowest BCUT2D eigenvalue weighted by atomic mass is 10.1. The van der Waals surface area contributed by atoms with Crippen LogP contribution in [0.4, 0.5) is 0 Å². The van der Waals surface area contributed by atoms with Gasteiger partial charge in [0.2, 0.25) is 0 Å². The summed E-state index contributed by atoms with van der Waals surface area (Å²) in [7, 11) is 3.52. The van der Waals surface area contributed by atoms with E-state index in [1.807, 2.05) is 36.7 Å². The predicted molar refractivity (Wildman–Crippen MR) is 73.5 cm³/mol. The SMILES string of the molecule is COc1cccc(Sc2nnc(C)n2C)c1[C@H](C)O. The van der Waals surface area contributed by atoms with Crippen molar-refractivity contribution in [2.45, 2.75) is 30.0 Å². The van der Waals surface area contributed by atoms with Crippen LogP contribution >= 0.6 is 11.8 Å². The molecule has 0 amide bonds. The monoisotopic (exact) mass is 279 g/mol. The van der Waals surface area contributed by atoms with Crippen molar-refractivity contribution in [1.82, 2.24) is 14.8 Å². The highest BCUT2D eigenvalue weighted by molar-refractivity contribution is 7.99. The van der Waals surface area contributed by atoms with E-state index < -0.39 is 6.10 Å². The molecule has 0 radical (unpaired) electrons. The first-order chi connectivity index (χ1) is 9.04. The van der Waals surface area contributed by atoms with E-state index >= 15 is 0 Å². The van der Waals surface area contributed by atoms with Crippen molar-refractivity contribution < 1.29 is 9.84 Å². The van der Waals surface area contributed by atoms with E-state index in [1.54, 1.807) is 14.0 Å². The molecule has 19 heavy (non-hydrogen) atoms. The third-order valence-corrected chi connectivity index (χ3v) is 4.03. The van der Waals surface area contributed by atoms with Gasteiger partial charge in [-0.15, -0.1) is 10.2 Å². The number of aromatic nitrogens is 3. The van der Waals surface area contributed by atoms with Gasteiger partial charge in [0.15, 0.2) is 5.16 Å². The fourth-order valence-corrected chi connectivity index (χ4v) is 2.85. The number of rotatable bonds is 4. The molecule has 1 atom stereocenters. The minimum atomic E-state index is -0.604. The lowest BCUT2D eigenvalue weighted by Crippen LogP contribution is -2.00. The number of benzene rings is 1. The number of aliphatic hydroxyl groups is 1. The summed E-state index contributed by atoms with van der Waals surface area (Å²) in [5.74, 6) is 1.53. The van der Waals surface area contributed by atoms with Gasteiger partial charge in [-0.1, -0.05) is 6.07 Å². The van der Waals surface area contributed by atoms with Crippen molar-refractivity contribution in [1.29, 1.82) is 0 Å². The van der Waals surface area contributed by atoms with Gasteiger partial charge in [-0.25, -0.2) is 0 Å². The molecule has 6 heteroatoms. The standard InChI is InChI=1S/C13H17N3O2S/c1-8(17)12-10(18-4)6-5-7-11(12)19-13-15-14-9(2)16(13)3/h5-8,17H,1-4H3/t8-/m0/s1. The molecule has 0 unspecified atom stereocenters. The molecule has 0 saturated carbocycles. The fraction of sp³-hybridized carbons (Fsp3) is 0.385. The quantitative estimate of drug-likeness (QED) is 0.930. The number of ether oxygens (including phenoxy) is 1. The molecule has 1 heterocycles. The van der Waals surface area contributed by atoms with E-state index in [0.717, 1.165) is 21.4 Å². The number of hydrogen-bond acceptors (Lipinski definition) is 5. The van der Waals surface area contributed by atoms with Gasteiger partial charge in [0, 0.05) is 17.5 Å². The normalized spacial score (nSPS) is 12.5. The van der Waals surface area contributed by atoms with E-state index in [-0.39, 0.29) is 0 Å². The third-order valence-electron chi connectivity index (χ3n) is 2.92. The number of aliphatic hydroxyl groups excluding tert-OH is 1. The molecular formula is C13H17N3O2S. The van der Waals surface area contributed by atoms with Gasteiger partial charge in [-0.3, -0.25) is 0 Å². The minimum Gasteiger partial charge on any atom is -0.496 e. The maximum atomic E-state index is 9.93. The van der Waals surface area contributed by atoms with Crippen molar-refractivity contribution in [2.24, 2.45) is 7.05 Å². The zero-order valence-corrected chi connectivity index (χ0v) is 12.2. The second-order valence-corrected chi connectivity index (χ2v) is 5.25. The van der Waals surface area contributed by atoms with Crippen molar-refractivity contribution in [3.63, 3.8) is 0 Å². The Balaban J connectivity index is 2.42. The number of aryl methyl sites for hydroxylation is 1. The smallest absolute Gasteiger partial charge is 0.195 e. The van der Waals surface area contributed by atoms with Crippen molar-refractivity contribution in [3.05, 3.63) is 29.6 Å². The van der Waals surface area contributed by atoms with Gasteiger partial charge < -0.3 is 14.4 Å². The van der Waals surface area contributed by atoms with Crippen molar-refractivity contribution in [3.8, 4) is 5.75 Å². The van der Waals surface area contributed by atoms with Crippen LogP contribution in [-0.2, 0) is 7.05 Å². The average Bonchev–Trinajstić information content (AvgIpc) is 2.70. The summed E-state index contributed by atoms with van der Waals surface area (Å²) in [5, 5.41) is 18.9. The van der Waals surface area contributed by atoms with Crippen LogP contribution in [0.1, 0.15) is 24.4 Å². The first-order valence-electron chi connectivity index (χ1n) is 5.93. The zero-order valence-electron chi connectivity index (χ0n) is 11.4. The first-order valence-corrected chi connectivity index (χ1v) is 6.75. The Bertz CT molecular complexity index is 581. The molecule has 0 saturated heterocycles. The summed E-state index contributed by atoms with van der Waals surface area (Å²) in [6.07, 6.45) is -0.604. The molecule has 102 valence electrons. The molecule has 5 nitrogen and oxygen atoms in total. The van der Waals surface area contributed by atoms with Crippen LogP contribution in [0.25, 0.3) is 0 Å². The molecular weight excluding hydrogens is 262 g/mol. The van der Waals surface area contributed by atoms with Crippen LogP contribution in [0.15, 0.2) is 28.3 Å². The average molecular weight is 279 g/mol. The van der Waals surface area contributed by atoms with E-state index in [2.05, 4.69) is 10.2 Å². The Morgan fingerprint density at radius 2 is 2.11 bits per heavy atom.